The molecule has 1 fully saturated rings. The van der Waals surface area contributed by atoms with Crippen molar-refractivity contribution in [3.05, 3.63) is 23.8 Å². The lowest BCUT2D eigenvalue weighted by molar-refractivity contribution is 0.200. The zero-order valence-corrected chi connectivity index (χ0v) is 21.6. The molecular formula is C21H36IN3O4S. The lowest BCUT2D eigenvalue weighted by atomic mass is 10.2. The first-order valence-electron chi connectivity index (χ1n) is 10.4. The van der Waals surface area contributed by atoms with E-state index in [9.17, 15) is 8.42 Å². The molecule has 1 aliphatic carbocycles. The van der Waals surface area contributed by atoms with Gasteiger partial charge in [0.15, 0.2) is 17.5 Å². The summed E-state index contributed by atoms with van der Waals surface area (Å²) in [6, 6.07) is 5.90. The lowest BCUT2D eigenvalue weighted by Crippen LogP contribution is -2.42. The van der Waals surface area contributed by atoms with Gasteiger partial charge >= 0.3 is 0 Å². The Kier molecular flexibility index (Phi) is 11.8. The number of benzene rings is 1. The molecule has 9 heteroatoms. The van der Waals surface area contributed by atoms with Crippen molar-refractivity contribution in [1.29, 1.82) is 0 Å². The van der Waals surface area contributed by atoms with Crippen molar-refractivity contribution in [3.63, 3.8) is 0 Å². The lowest BCUT2D eigenvalue weighted by Gasteiger charge is -2.18. The Morgan fingerprint density at radius 1 is 1.27 bits per heavy atom. The summed E-state index contributed by atoms with van der Waals surface area (Å²) >= 11 is 0. The number of guanidine groups is 1. The van der Waals surface area contributed by atoms with Crippen molar-refractivity contribution >= 4 is 39.8 Å². The molecule has 0 saturated heterocycles. The zero-order valence-electron chi connectivity index (χ0n) is 18.4. The van der Waals surface area contributed by atoms with Gasteiger partial charge in [-0.1, -0.05) is 6.07 Å². The quantitative estimate of drug-likeness (QED) is 0.262. The normalized spacial score (nSPS) is 15.9. The third-order valence-electron chi connectivity index (χ3n) is 4.89. The van der Waals surface area contributed by atoms with Crippen molar-refractivity contribution in [3.8, 4) is 11.5 Å². The van der Waals surface area contributed by atoms with Crippen molar-refractivity contribution in [2.45, 2.75) is 64.6 Å². The van der Waals surface area contributed by atoms with E-state index in [1.165, 1.54) is 19.1 Å². The summed E-state index contributed by atoms with van der Waals surface area (Å²) in [5.74, 6) is 2.33. The third-order valence-corrected chi connectivity index (χ3v) is 5.87. The maximum Gasteiger partial charge on any atom is 0.191 e. The molecule has 0 aromatic heterocycles. The van der Waals surface area contributed by atoms with Crippen LogP contribution >= 0.6 is 24.0 Å². The first-order chi connectivity index (χ1) is 13.8. The van der Waals surface area contributed by atoms with E-state index in [2.05, 4.69) is 15.6 Å². The maximum atomic E-state index is 11.4. The number of ether oxygens (including phenoxy) is 2. The summed E-state index contributed by atoms with van der Waals surface area (Å²) in [4.78, 5) is 4.65. The van der Waals surface area contributed by atoms with Crippen LogP contribution in [0.2, 0.25) is 0 Å². The Balaban J connectivity index is 0.00000450. The Hall–Kier alpha value is -1.23. The van der Waals surface area contributed by atoms with Crippen LogP contribution in [0.3, 0.4) is 0 Å². The number of hydrogen-bond acceptors (Lipinski definition) is 5. The predicted octanol–water partition coefficient (Wildman–Crippen LogP) is 3.51. The summed E-state index contributed by atoms with van der Waals surface area (Å²) in [5, 5.41) is 6.49. The van der Waals surface area contributed by atoms with Gasteiger partial charge in [0.1, 0.15) is 9.84 Å². The Morgan fingerprint density at radius 3 is 2.57 bits per heavy atom. The fraction of sp³-hybridized carbons (Fsp3) is 0.667. The maximum absolute atomic E-state index is 11.4. The highest BCUT2D eigenvalue weighted by atomic mass is 127. The topological polar surface area (TPSA) is 89.0 Å². The minimum atomic E-state index is -2.97. The number of methoxy groups -OCH3 is 1. The zero-order chi connectivity index (χ0) is 21.3. The molecule has 0 heterocycles. The summed E-state index contributed by atoms with van der Waals surface area (Å²) in [6.45, 7) is 5.17. The van der Waals surface area contributed by atoms with Gasteiger partial charge in [-0.05, 0) is 63.6 Å². The number of halogens is 1. The van der Waals surface area contributed by atoms with Gasteiger partial charge in [-0.25, -0.2) is 13.4 Å². The van der Waals surface area contributed by atoms with E-state index in [0.29, 0.717) is 18.9 Å². The first-order valence-corrected chi connectivity index (χ1v) is 12.4. The van der Waals surface area contributed by atoms with Crippen LogP contribution in [-0.4, -0.2) is 52.2 Å². The van der Waals surface area contributed by atoms with Crippen LogP contribution < -0.4 is 20.1 Å². The number of rotatable bonds is 10. The van der Waals surface area contributed by atoms with E-state index < -0.39 is 9.84 Å². The van der Waals surface area contributed by atoms with Crippen molar-refractivity contribution < 1.29 is 17.9 Å². The van der Waals surface area contributed by atoms with Crippen LogP contribution in [0.15, 0.2) is 23.2 Å². The Bertz CT molecular complexity index is 780. The molecule has 1 aromatic carbocycles. The van der Waals surface area contributed by atoms with Crippen LogP contribution in [0, 0.1) is 0 Å². The molecule has 0 radical (unpaired) electrons. The second-order valence-electron chi connectivity index (χ2n) is 7.67. The van der Waals surface area contributed by atoms with Crippen LogP contribution in [0.1, 0.15) is 51.5 Å². The number of aliphatic imine (C=N–C) groups is 1. The molecule has 1 unspecified atom stereocenters. The second kappa shape index (κ2) is 13.2. The molecule has 172 valence electrons. The van der Waals surface area contributed by atoms with Crippen LogP contribution in [0.4, 0.5) is 0 Å². The Labute approximate surface area is 198 Å². The van der Waals surface area contributed by atoms with Gasteiger partial charge in [0.2, 0.25) is 0 Å². The van der Waals surface area contributed by atoms with Crippen LogP contribution in [-0.2, 0) is 16.4 Å². The molecule has 30 heavy (non-hydrogen) atoms. The SMILES string of the molecule is CCNC(=NCc1ccc(OC)c(OC2CCCC2)c1)NC(C)CCS(C)(=O)=O.I. The molecule has 0 bridgehead atoms. The van der Waals surface area contributed by atoms with Crippen molar-refractivity contribution in [2.75, 3.05) is 25.7 Å². The van der Waals surface area contributed by atoms with E-state index >= 15 is 0 Å². The van der Waals surface area contributed by atoms with Crippen LogP contribution in [0.25, 0.3) is 0 Å². The van der Waals surface area contributed by atoms with Gasteiger partial charge in [0.25, 0.3) is 0 Å². The predicted molar refractivity (Wildman–Crippen MR) is 133 cm³/mol. The molecular weight excluding hydrogens is 517 g/mol. The summed E-state index contributed by atoms with van der Waals surface area (Å²) in [6.07, 6.45) is 6.66. The number of sulfone groups is 1. The molecule has 7 nitrogen and oxygen atoms in total. The van der Waals surface area contributed by atoms with E-state index in [-0.39, 0.29) is 41.9 Å². The summed E-state index contributed by atoms with van der Waals surface area (Å²) in [7, 11) is -1.32. The number of nitrogens with one attached hydrogen (secondary N) is 2. The minimum absolute atomic E-state index is 0. The minimum Gasteiger partial charge on any atom is -0.493 e. The molecule has 0 spiro atoms. The molecule has 0 amide bonds. The number of nitrogens with zero attached hydrogens (tertiary/aromatic N) is 1. The monoisotopic (exact) mass is 553 g/mol. The molecule has 1 saturated carbocycles. The molecule has 1 atom stereocenters. The number of hydrogen-bond donors (Lipinski definition) is 2. The van der Waals surface area contributed by atoms with Crippen molar-refractivity contribution in [1.82, 2.24) is 10.6 Å². The Morgan fingerprint density at radius 2 is 1.97 bits per heavy atom. The van der Waals surface area contributed by atoms with E-state index in [1.807, 2.05) is 32.0 Å². The summed E-state index contributed by atoms with van der Waals surface area (Å²) in [5.41, 5.74) is 1.03. The second-order valence-corrected chi connectivity index (χ2v) is 9.93. The highest BCUT2D eigenvalue weighted by Crippen LogP contribution is 2.32. The highest BCUT2D eigenvalue weighted by Gasteiger charge is 2.18. The smallest absolute Gasteiger partial charge is 0.191 e. The fourth-order valence-electron chi connectivity index (χ4n) is 3.28. The van der Waals surface area contributed by atoms with E-state index in [1.54, 1.807) is 7.11 Å². The van der Waals surface area contributed by atoms with Gasteiger partial charge in [-0.15, -0.1) is 24.0 Å². The standard InChI is InChI=1S/C21H35N3O4S.HI/c1-5-22-21(24-16(2)12-13-29(4,25)26)23-15-17-10-11-19(27-3)20(14-17)28-18-8-6-7-9-18;/h10-11,14,16,18H,5-9,12-13,15H2,1-4H3,(H2,22,23,24);1H. The van der Waals surface area contributed by atoms with Gasteiger partial charge in [-0.3, -0.25) is 0 Å². The van der Waals surface area contributed by atoms with Crippen molar-refractivity contribution in [2.24, 2.45) is 4.99 Å². The van der Waals surface area contributed by atoms with Crippen LogP contribution in [0.5, 0.6) is 11.5 Å². The molecule has 2 N–H and O–H groups in total. The van der Waals surface area contributed by atoms with E-state index in [0.717, 1.165) is 36.4 Å². The third kappa shape index (κ3) is 9.72. The average Bonchev–Trinajstić information content (AvgIpc) is 3.17. The van der Waals surface area contributed by atoms with Gasteiger partial charge in [0.05, 0.1) is 25.5 Å². The van der Waals surface area contributed by atoms with Gasteiger partial charge in [-0.2, -0.15) is 0 Å². The fourth-order valence-corrected chi connectivity index (χ4v) is 4.07. The van der Waals surface area contributed by atoms with Gasteiger partial charge < -0.3 is 20.1 Å². The molecule has 0 aliphatic heterocycles. The molecule has 2 rings (SSSR count). The highest BCUT2D eigenvalue weighted by molar-refractivity contribution is 14.0. The molecule has 1 aromatic rings. The van der Waals surface area contributed by atoms with E-state index in [4.69, 9.17) is 9.47 Å². The molecule has 1 aliphatic rings. The first kappa shape index (κ1) is 26.8. The van der Waals surface area contributed by atoms with Gasteiger partial charge in [0, 0.05) is 18.8 Å². The summed E-state index contributed by atoms with van der Waals surface area (Å²) < 4.78 is 34.3. The largest absolute Gasteiger partial charge is 0.493 e. The average molecular weight is 554 g/mol.